The molecule has 4 saturated carbocycles. The zero-order chi connectivity index (χ0) is 30.4. The lowest BCUT2D eigenvalue weighted by Crippen LogP contribution is -2.40. The van der Waals surface area contributed by atoms with Crippen molar-refractivity contribution in [3.8, 4) is 0 Å². The number of hydrogen-bond acceptors (Lipinski definition) is 6. The summed E-state index contributed by atoms with van der Waals surface area (Å²) >= 11 is 0. The normalized spacial score (nSPS) is 35.7. The molecule has 0 unspecified atom stereocenters. The standard InChI is InChI=1S/2C18H24O3/c2*1-11(19)3-4-14-12-9-10-18(2)15(6-8-17(18)21)13(12)5-7-16(14)20/h2*13,15H,3-10H2,1-2H3/t2*13-,15+,18+/m10/s1. The molecule has 6 aliphatic carbocycles. The maximum atomic E-state index is 12.3. The van der Waals surface area contributed by atoms with Gasteiger partial charge in [0.05, 0.1) is 0 Å². The molecule has 0 aromatic rings. The van der Waals surface area contributed by atoms with Crippen LogP contribution in [0.4, 0.5) is 0 Å². The molecule has 0 saturated heterocycles. The van der Waals surface area contributed by atoms with Crippen LogP contribution in [0, 0.1) is 34.5 Å². The quantitative estimate of drug-likeness (QED) is 0.344. The summed E-state index contributed by atoms with van der Waals surface area (Å²) in [5.41, 5.74) is 4.15. The number of hydrogen-bond donors (Lipinski definition) is 0. The van der Waals surface area contributed by atoms with Gasteiger partial charge in [-0.05, 0) is 113 Å². The third-order valence-corrected chi connectivity index (χ3v) is 12.2. The summed E-state index contributed by atoms with van der Waals surface area (Å²) in [4.78, 5) is 71.5. The topological polar surface area (TPSA) is 102 Å². The van der Waals surface area contributed by atoms with Gasteiger partial charge in [0, 0.05) is 49.4 Å². The van der Waals surface area contributed by atoms with Crippen LogP contribution >= 0.6 is 0 Å². The maximum absolute atomic E-state index is 12.3. The van der Waals surface area contributed by atoms with Crippen molar-refractivity contribution in [1.82, 2.24) is 0 Å². The van der Waals surface area contributed by atoms with E-state index >= 15 is 0 Å². The SMILES string of the molecule is CC(=O)CCC1=C2CC[C@@]3(C)C(=O)CC[C@@H]3[C@H]2CCC1=O.CC(=O)CCC1=C2CC[C@]3(C)C(=O)CC[C@H]3[C@@H]2CCC1=O. The number of ketones is 6. The molecule has 0 aromatic carbocycles. The van der Waals surface area contributed by atoms with Crippen LogP contribution in [0.2, 0.25) is 0 Å². The fourth-order valence-electron chi connectivity index (χ4n) is 9.72. The first kappa shape index (κ1) is 30.9. The predicted molar refractivity (Wildman–Crippen MR) is 159 cm³/mol. The van der Waals surface area contributed by atoms with Crippen LogP contribution in [0.3, 0.4) is 0 Å². The smallest absolute Gasteiger partial charge is 0.158 e. The van der Waals surface area contributed by atoms with E-state index in [0.717, 1.165) is 62.5 Å². The third-order valence-electron chi connectivity index (χ3n) is 12.2. The Hall–Kier alpha value is -2.50. The number of fused-ring (bicyclic) bond motifs is 6. The van der Waals surface area contributed by atoms with Gasteiger partial charge in [-0.1, -0.05) is 25.0 Å². The van der Waals surface area contributed by atoms with Gasteiger partial charge in [0.1, 0.15) is 23.1 Å². The molecule has 0 heterocycles. The zero-order valence-electron chi connectivity index (χ0n) is 26.1. The molecule has 0 radical (unpaired) electrons. The Balaban J connectivity index is 0.000000168. The molecule has 6 rings (SSSR count). The average Bonchev–Trinajstić information content (AvgIpc) is 3.42. The van der Waals surface area contributed by atoms with E-state index < -0.39 is 0 Å². The number of carbonyl (C=O) groups is 6. The van der Waals surface area contributed by atoms with E-state index in [1.54, 1.807) is 13.8 Å². The Bertz CT molecular complexity index is 1180. The van der Waals surface area contributed by atoms with Crippen molar-refractivity contribution in [1.29, 1.82) is 0 Å². The molecule has 228 valence electrons. The van der Waals surface area contributed by atoms with Gasteiger partial charge in [0.2, 0.25) is 0 Å². The van der Waals surface area contributed by atoms with E-state index in [1.165, 1.54) is 11.1 Å². The molecular formula is C36H48O6. The van der Waals surface area contributed by atoms with Gasteiger partial charge in [-0.15, -0.1) is 0 Å². The highest BCUT2D eigenvalue weighted by Gasteiger charge is 2.54. The second-order valence-corrected chi connectivity index (χ2v) is 14.5. The third kappa shape index (κ3) is 5.48. The molecule has 6 nitrogen and oxygen atoms in total. The van der Waals surface area contributed by atoms with E-state index in [1.807, 2.05) is 0 Å². The van der Waals surface area contributed by atoms with Crippen molar-refractivity contribution in [2.45, 2.75) is 130 Å². The van der Waals surface area contributed by atoms with Gasteiger partial charge >= 0.3 is 0 Å². The first-order chi connectivity index (χ1) is 19.9. The second-order valence-electron chi connectivity index (χ2n) is 14.5. The number of carbonyl (C=O) groups excluding carboxylic acids is 6. The van der Waals surface area contributed by atoms with Crippen molar-refractivity contribution in [3.63, 3.8) is 0 Å². The van der Waals surface area contributed by atoms with Crippen LogP contribution in [-0.2, 0) is 28.8 Å². The molecule has 0 aliphatic heterocycles. The zero-order valence-corrected chi connectivity index (χ0v) is 26.1. The molecule has 6 heteroatoms. The molecule has 6 atom stereocenters. The lowest BCUT2D eigenvalue weighted by molar-refractivity contribution is -0.129. The number of Topliss-reactive ketones (excluding diaryl/α,β-unsaturated/α-hetero) is 6. The van der Waals surface area contributed by atoms with E-state index in [0.29, 0.717) is 86.6 Å². The largest absolute Gasteiger partial charge is 0.300 e. The van der Waals surface area contributed by atoms with Gasteiger partial charge < -0.3 is 9.59 Å². The number of allylic oxidation sites excluding steroid dienone is 4. The van der Waals surface area contributed by atoms with Crippen molar-refractivity contribution >= 4 is 34.7 Å². The lowest BCUT2D eigenvalue weighted by atomic mass is 9.58. The minimum atomic E-state index is -0.153. The van der Waals surface area contributed by atoms with Crippen molar-refractivity contribution in [2.75, 3.05) is 0 Å². The summed E-state index contributed by atoms with van der Waals surface area (Å²) < 4.78 is 0. The highest BCUT2D eigenvalue weighted by atomic mass is 16.1. The molecule has 0 bridgehead atoms. The Labute approximate surface area is 250 Å². The van der Waals surface area contributed by atoms with Crippen molar-refractivity contribution in [3.05, 3.63) is 22.3 Å². The van der Waals surface area contributed by atoms with Gasteiger partial charge in [-0.25, -0.2) is 0 Å². The van der Waals surface area contributed by atoms with E-state index in [9.17, 15) is 28.8 Å². The predicted octanol–water partition coefficient (Wildman–Crippen LogP) is 6.82. The summed E-state index contributed by atoms with van der Waals surface area (Å²) in [6.45, 7) is 7.44. The van der Waals surface area contributed by atoms with Crippen LogP contribution in [-0.4, -0.2) is 34.7 Å². The molecular weight excluding hydrogens is 528 g/mol. The lowest BCUT2D eigenvalue weighted by Gasteiger charge is -2.45. The van der Waals surface area contributed by atoms with Crippen LogP contribution in [0.25, 0.3) is 0 Å². The Morgan fingerprint density at radius 3 is 1.33 bits per heavy atom. The molecule has 42 heavy (non-hydrogen) atoms. The highest BCUT2D eigenvalue weighted by Crippen LogP contribution is 2.58. The van der Waals surface area contributed by atoms with E-state index in [-0.39, 0.29) is 34.0 Å². The Kier molecular flexibility index (Phi) is 8.75. The summed E-state index contributed by atoms with van der Waals surface area (Å²) in [6.07, 6.45) is 12.1. The average molecular weight is 577 g/mol. The summed E-state index contributed by atoms with van der Waals surface area (Å²) in [7, 11) is 0. The molecule has 6 aliphatic rings. The minimum absolute atomic E-state index is 0.148. The van der Waals surface area contributed by atoms with Crippen LogP contribution in [0.1, 0.15) is 130 Å². The fourth-order valence-corrected chi connectivity index (χ4v) is 9.72. The highest BCUT2D eigenvalue weighted by molar-refractivity contribution is 5.99. The molecule has 0 spiro atoms. The first-order valence-electron chi connectivity index (χ1n) is 16.4. The summed E-state index contributed by atoms with van der Waals surface area (Å²) in [5.74, 6) is 3.31. The first-order valence-corrected chi connectivity index (χ1v) is 16.4. The molecule has 0 amide bonds. The second kappa shape index (κ2) is 11.9. The van der Waals surface area contributed by atoms with E-state index in [4.69, 9.17) is 0 Å². The van der Waals surface area contributed by atoms with Gasteiger partial charge in [-0.2, -0.15) is 0 Å². The van der Waals surface area contributed by atoms with Gasteiger partial charge in [0.15, 0.2) is 11.6 Å². The number of rotatable bonds is 6. The molecule has 0 aromatic heterocycles. The molecule has 4 fully saturated rings. The van der Waals surface area contributed by atoms with Crippen LogP contribution in [0.15, 0.2) is 22.3 Å². The summed E-state index contributed by atoms with van der Waals surface area (Å²) in [6, 6.07) is 0. The van der Waals surface area contributed by atoms with Gasteiger partial charge in [0.25, 0.3) is 0 Å². The van der Waals surface area contributed by atoms with Crippen molar-refractivity contribution < 1.29 is 28.8 Å². The maximum Gasteiger partial charge on any atom is 0.158 e. The molecule has 0 N–H and O–H groups in total. The Morgan fingerprint density at radius 1 is 0.595 bits per heavy atom. The van der Waals surface area contributed by atoms with Crippen LogP contribution in [0.5, 0.6) is 0 Å². The van der Waals surface area contributed by atoms with E-state index in [2.05, 4.69) is 13.8 Å². The van der Waals surface area contributed by atoms with Gasteiger partial charge in [-0.3, -0.25) is 19.2 Å². The summed E-state index contributed by atoms with van der Waals surface area (Å²) in [5, 5.41) is 0. The minimum Gasteiger partial charge on any atom is -0.300 e. The van der Waals surface area contributed by atoms with Crippen molar-refractivity contribution in [2.24, 2.45) is 34.5 Å². The monoisotopic (exact) mass is 576 g/mol. The fraction of sp³-hybridized carbons (Fsp3) is 0.722. The Morgan fingerprint density at radius 2 is 0.976 bits per heavy atom. The van der Waals surface area contributed by atoms with Crippen LogP contribution < -0.4 is 0 Å².